The highest BCUT2D eigenvalue weighted by molar-refractivity contribution is 9.11. The second kappa shape index (κ2) is 4.81. The van der Waals surface area contributed by atoms with Crippen LogP contribution in [0.25, 0.3) is 0 Å². The van der Waals surface area contributed by atoms with Gasteiger partial charge in [0.25, 0.3) is 0 Å². The van der Waals surface area contributed by atoms with Gasteiger partial charge in [-0.1, -0.05) is 17.7 Å². The van der Waals surface area contributed by atoms with Crippen LogP contribution in [-0.2, 0) is 6.54 Å². The first-order valence-corrected chi connectivity index (χ1v) is 6.45. The number of thiophene rings is 1. The maximum atomic E-state index is 3.46. The van der Waals surface area contributed by atoms with E-state index in [0.717, 1.165) is 6.54 Å². The summed E-state index contributed by atoms with van der Waals surface area (Å²) in [6.45, 7) is 2.98. The molecule has 1 nitrogen and oxygen atoms in total. The molecular formula is C12H12BrNS. The molecule has 0 radical (unpaired) electrons. The third kappa shape index (κ3) is 3.08. The molecule has 0 aliphatic carbocycles. The highest BCUT2D eigenvalue weighted by Crippen LogP contribution is 2.21. The summed E-state index contributed by atoms with van der Waals surface area (Å²) in [4.78, 5) is 0. The van der Waals surface area contributed by atoms with Crippen molar-refractivity contribution in [2.45, 2.75) is 13.5 Å². The van der Waals surface area contributed by atoms with Gasteiger partial charge in [-0.25, -0.2) is 0 Å². The smallest absolute Gasteiger partial charge is 0.0701 e. The fourth-order valence-corrected chi connectivity index (χ4v) is 2.52. The largest absolute Gasteiger partial charge is 0.381 e. The van der Waals surface area contributed by atoms with Crippen molar-refractivity contribution in [2.75, 3.05) is 5.32 Å². The van der Waals surface area contributed by atoms with Crippen LogP contribution in [0, 0.1) is 6.92 Å². The Morgan fingerprint density at radius 2 is 2.00 bits per heavy atom. The third-order valence-electron chi connectivity index (χ3n) is 2.17. The van der Waals surface area contributed by atoms with E-state index in [0.29, 0.717) is 0 Å². The lowest BCUT2D eigenvalue weighted by molar-refractivity contribution is 1.16. The molecule has 0 saturated carbocycles. The van der Waals surface area contributed by atoms with Crippen molar-refractivity contribution in [1.29, 1.82) is 0 Å². The van der Waals surface area contributed by atoms with Gasteiger partial charge < -0.3 is 5.32 Å². The number of rotatable bonds is 3. The van der Waals surface area contributed by atoms with Crippen LogP contribution in [0.15, 0.2) is 39.5 Å². The van der Waals surface area contributed by atoms with Gasteiger partial charge in [0.15, 0.2) is 0 Å². The summed E-state index contributed by atoms with van der Waals surface area (Å²) in [6.07, 6.45) is 0. The molecule has 15 heavy (non-hydrogen) atoms. The van der Waals surface area contributed by atoms with Gasteiger partial charge in [0.05, 0.1) is 3.79 Å². The van der Waals surface area contributed by atoms with Crippen LogP contribution >= 0.6 is 27.3 Å². The van der Waals surface area contributed by atoms with Crippen molar-refractivity contribution >= 4 is 33.0 Å². The molecule has 78 valence electrons. The van der Waals surface area contributed by atoms with E-state index in [9.17, 15) is 0 Å². The summed E-state index contributed by atoms with van der Waals surface area (Å²) < 4.78 is 1.18. The first kappa shape index (κ1) is 10.7. The molecule has 2 rings (SSSR count). The Balaban J connectivity index is 1.96. The monoisotopic (exact) mass is 281 g/mol. The molecule has 3 heteroatoms. The molecule has 0 amide bonds. The zero-order valence-corrected chi connectivity index (χ0v) is 10.9. The molecule has 0 atom stereocenters. The van der Waals surface area contributed by atoms with E-state index >= 15 is 0 Å². The normalized spacial score (nSPS) is 10.3. The van der Waals surface area contributed by atoms with E-state index in [2.05, 4.69) is 63.9 Å². The van der Waals surface area contributed by atoms with Crippen LogP contribution in [0.5, 0.6) is 0 Å². The molecule has 0 aliphatic heterocycles. The zero-order chi connectivity index (χ0) is 10.7. The summed E-state index contributed by atoms with van der Waals surface area (Å²) in [5.41, 5.74) is 3.77. The van der Waals surface area contributed by atoms with Gasteiger partial charge in [-0.05, 0) is 52.0 Å². The van der Waals surface area contributed by atoms with Gasteiger partial charge in [0.1, 0.15) is 0 Å². The minimum atomic E-state index is 0.880. The van der Waals surface area contributed by atoms with E-state index in [1.807, 2.05) is 0 Å². The molecule has 0 fully saturated rings. The van der Waals surface area contributed by atoms with Crippen molar-refractivity contribution in [3.63, 3.8) is 0 Å². The van der Waals surface area contributed by atoms with Crippen molar-refractivity contribution < 1.29 is 0 Å². The molecule has 2 aromatic rings. The minimum absolute atomic E-state index is 0.880. The molecule has 1 aromatic carbocycles. The number of hydrogen-bond donors (Lipinski definition) is 1. The summed E-state index contributed by atoms with van der Waals surface area (Å²) in [6, 6.07) is 10.6. The van der Waals surface area contributed by atoms with Crippen molar-refractivity contribution in [3.8, 4) is 0 Å². The van der Waals surface area contributed by atoms with Crippen LogP contribution in [0.2, 0.25) is 0 Å². The molecule has 1 N–H and O–H groups in total. The van der Waals surface area contributed by atoms with Gasteiger partial charge in [-0.15, -0.1) is 11.3 Å². The highest BCUT2D eigenvalue weighted by Gasteiger charge is 1.97. The Hall–Kier alpha value is -0.800. The van der Waals surface area contributed by atoms with Gasteiger partial charge in [-0.2, -0.15) is 0 Å². The average molecular weight is 282 g/mol. The Morgan fingerprint density at radius 1 is 1.27 bits per heavy atom. The summed E-state index contributed by atoms with van der Waals surface area (Å²) in [5, 5.41) is 5.55. The van der Waals surface area contributed by atoms with E-state index < -0.39 is 0 Å². The third-order valence-corrected chi connectivity index (χ3v) is 3.72. The predicted molar refractivity (Wildman–Crippen MR) is 70.5 cm³/mol. The van der Waals surface area contributed by atoms with Crippen molar-refractivity contribution in [3.05, 3.63) is 50.6 Å². The predicted octanol–water partition coefficient (Wildman–Crippen LogP) is 4.43. The topological polar surface area (TPSA) is 12.0 Å². The number of benzene rings is 1. The minimum Gasteiger partial charge on any atom is -0.381 e. The lowest BCUT2D eigenvalue weighted by atomic mass is 10.2. The molecular weight excluding hydrogens is 270 g/mol. The number of anilines is 1. The molecule has 1 heterocycles. The van der Waals surface area contributed by atoms with Crippen molar-refractivity contribution in [2.24, 2.45) is 0 Å². The number of nitrogens with one attached hydrogen (secondary N) is 1. The van der Waals surface area contributed by atoms with Crippen LogP contribution in [-0.4, -0.2) is 0 Å². The number of hydrogen-bond acceptors (Lipinski definition) is 2. The molecule has 0 unspecified atom stereocenters. The lowest BCUT2D eigenvalue weighted by Crippen LogP contribution is -1.97. The van der Waals surface area contributed by atoms with Crippen LogP contribution in [0.3, 0.4) is 0 Å². The van der Waals surface area contributed by atoms with E-state index in [4.69, 9.17) is 0 Å². The maximum absolute atomic E-state index is 3.46. The van der Waals surface area contributed by atoms with Gasteiger partial charge in [0.2, 0.25) is 0 Å². The fourth-order valence-electron chi connectivity index (χ4n) is 1.31. The maximum Gasteiger partial charge on any atom is 0.0701 e. The zero-order valence-electron chi connectivity index (χ0n) is 8.46. The summed E-state index contributed by atoms with van der Waals surface area (Å²) >= 11 is 5.18. The van der Waals surface area contributed by atoms with Gasteiger partial charge >= 0.3 is 0 Å². The molecule has 0 spiro atoms. The summed E-state index contributed by atoms with van der Waals surface area (Å²) in [7, 11) is 0. The van der Waals surface area contributed by atoms with Gasteiger partial charge in [-0.3, -0.25) is 0 Å². The molecule has 0 aliphatic rings. The Kier molecular flexibility index (Phi) is 3.44. The van der Waals surface area contributed by atoms with Crippen molar-refractivity contribution in [1.82, 2.24) is 0 Å². The van der Waals surface area contributed by atoms with E-state index in [-0.39, 0.29) is 0 Å². The average Bonchev–Trinajstić information content (AvgIpc) is 2.64. The SMILES string of the molecule is Cc1ccc(NCc2csc(Br)c2)cc1. The summed E-state index contributed by atoms with van der Waals surface area (Å²) in [5.74, 6) is 0. The second-order valence-corrected chi connectivity index (χ2v) is 5.77. The Morgan fingerprint density at radius 3 is 2.60 bits per heavy atom. The Bertz CT molecular complexity index is 433. The number of aryl methyl sites for hydroxylation is 1. The molecule has 1 aromatic heterocycles. The standard InChI is InChI=1S/C12H12BrNS/c1-9-2-4-11(5-3-9)14-7-10-6-12(13)15-8-10/h2-6,8,14H,7H2,1H3. The van der Waals surface area contributed by atoms with E-state index in [1.54, 1.807) is 11.3 Å². The fraction of sp³-hybridized carbons (Fsp3) is 0.167. The quantitative estimate of drug-likeness (QED) is 0.878. The Labute approximate surface area is 102 Å². The first-order valence-electron chi connectivity index (χ1n) is 4.77. The van der Waals surface area contributed by atoms with Crippen LogP contribution in [0.1, 0.15) is 11.1 Å². The van der Waals surface area contributed by atoms with Crippen LogP contribution < -0.4 is 5.32 Å². The van der Waals surface area contributed by atoms with Crippen LogP contribution in [0.4, 0.5) is 5.69 Å². The lowest BCUT2D eigenvalue weighted by Gasteiger charge is -2.04. The van der Waals surface area contributed by atoms with E-state index in [1.165, 1.54) is 20.6 Å². The molecule has 0 bridgehead atoms. The number of halogens is 1. The molecule has 0 saturated heterocycles. The first-order chi connectivity index (χ1) is 7.24. The highest BCUT2D eigenvalue weighted by atomic mass is 79.9. The van der Waals surface area contributed by atoms with Gasteiger partial charge in [0, 0.05) is 12.2 Å². The second-order valence-electron chi connectivity index (χ2n) is 3.48.